The van der Waals surface area contributed by atoms with Crippen molar-refractivity contribution in [3.8, 4) is 5.75 Å². The Morgan fingerprint density at radius 1 is 1.03 bits per heavy atom. The van der Waals surface area contributed by atoms with Gasteiger partial charge in [-0.05, 0) is 67.6 Å². The Morgan fingerprint density at radius 2 is 1.68 bits per heavy atom. The van der Waals surface area contributed by atoms with Gasteiger partial charge in [-0.15, -0.1) is 0 Å². The summed E-state index contributed by atoms with van der Waals surface area (Å²) >= 11 is 12.3. The third-order valence-corrected chi connectivity index (χ3v) is 5.35. The molecule has 1 N–H and O–H groups in total. The number of ether oxygens (including phenoxy) is 1. The number of rotatable bonds is 9. The van der Waals surface area contributed by atoms with Gasteiger partial charge in [0.1, 0.15) is 11.8 Å². The molecule has 0 unspecified atom stereocenters. The lowest BCUT2D eigenvalue weighted by Crippen LogP contribution is -2.49. The maximum absolute atomic E-state index is 13.1. The molecule has 0 fully saturated rings. The van der Waals surface area contributed by atoms with E-state index < -0.39 is 6.04 Å². The van der Waals surface area contributed by atoms with Crippen molar-refractivity contribution in [2.24, 2.45) is 5.92 Å². The lowest BCUT2D eigenvalue weighted by molar-refractivity contribution is -0.142. The molecular weight excluding hydrogens is 435 g/mol. The van der Waals surface area contributed by atoms with Crippen molar-refractivity contribution >= 4 is 35.0 Å². The summed E-state index contributed by atoms with van der Waals surface area (Å²) in [6, 6.07) is 10.2. The zero-order chi connectivity index (χ0) is 23.1. The van der Waals surface area contributed by atoms with E-state index in [0.29, 0.717) is 33.8 Å². The third kappa shape index (κ3) is 7.75. The molecule has 5 nitrogen and oxygen atoms in total. The first kappa shape index (κ1) is 25.0. The zero-order valence-electron chi connectivity index (χ0n) is 18.7. The molecular formula is C24H30Cl2N2O3. The monoisotopic (exact) mass is 464 g/mol. The van der Waals surface area contributed by atoms with Crippen LogP contribution < -0.4 is 10.1 Å². The summed E-state index contributed by atoms with van der Waals surface area (Å²) < 4.78 is 5.75. The van der Waals surface area contributed by atoms with E-state index in [1.165, 1.54) is 4.90 Å². The smallest absolute Gasteiger partial charge is 0.261 e. The number of nitrogens with one attached hydrogen (secondary N) is 1. The van der Waals surface area contributed by atoms with Crippen LogP contribution >= 0.6 is 23.2 Å². The number of carbonyl (C=O) groups excluding carboxylic acids is 2. The maximum Gasteiger partial charge on any atom is 0.261 e. The fourth-order valence-electron chi connectivity index (χ4n) is 3.11. The molecule has 0 bridgehead atoms. The van der Waals surface area contributed by atoms with Gasteiger partial charge in [0.15, 0.2) is 6.61 Å². The van der Waals surface area contributed by atoms with E-state index in [9.17, 15) is 9.59 Å². The topological polar surface area (TPSA) is 58.6 Å². The number of nitrogens with zero attached hydrogens (tertiary/aromatic N) is 1. The Morgan fingerprint density at radius 3 is 2.26 bits per heavy atom. The van der Waals surface area contributed by atoms with Gasteiger partial charge in [-0.25, -0.2) is 0 Å². The SMILES string of the molecule is Cc1cc(C)cc(OCC(=O)N(Cc2ccc(Cl)cc2Cl)[C@H](C)C(=O)NCC(C)C)c1. The molecule has 1 atom stereocenters. The van der Waals surface area contributed by atoms with Crippen LogP contribution in [-0.4, -0.2) is 35.9 Å². The minimum Gasteiger partial charge on any atom is -0.484 e. The van der Waals surface area contributed by atoms with Crippen molar-refractivity contribution in [3.05, 3.63) is 63.1 Å². The van der Waals surface area contributed by atoms with E-state index >= 15 is 0 Å². The minimum absolute atomic E-state index is 0.168. The fraction of sp³-hybridized carbons (Fsp3) is 0.417. The number of hydrogen-bond acceptors (Lipinski definition) is 3. The van der Waals surface area contributed by atoms with Crippen LogP contribution in [0.5, 0.6) is 5.75 Å². The summed E-state index contributed by atoms with van der Waals surface area (Å²) in [6.45, 7) is 10.2. The number of hydrogen-bond donors (Lipinski definition) is 1. The van der Waals surface area contributed by atoms with Gasteiger partial charge < -0.3 is 15.0 Å². The number of carbonyl (C=O) groups is 2. The average molecular weight is 465 g/mol. The molecule has 2 aromatic rings. The van der Waals surface area contributed by atoms with Crippen LogP contribution in [0.25, 0.3) is 0 Å². The molecule has 0 aliphatic carbocycles. The number of halogens is 2. The van der Waals surface area contributed by atoms with Gasteiger partial charge in [-0.1, -0.05) is 49.2 Å². The highest BCUT2D eigenvalue weighted by molar-refractivity contribution is 6.35. The normalized spacial score (nSPS) is 11.9. The molecule has 168 valence electrons. The Labute approximate surface area is 194 Å². The van der Waals surface area contributed by atoms with Crippen molar-refractivity contribution in [2.75, 3.05) is 13.2 Å². The van der Waals surface area contributed by atoms with Gasteiger partial charge in [0.05, 0.1) is 0 Å². The molecule has 2 amide bonds. The van der Waals surface area contributed by atoms with Crippen molar-refractivity contribution < 1.29 is 14.3 Å². The van der Waals surface area contributed by atoms with Crippen molar-refractivity contribution in [3.63, 3.8) is 0 Å². The lowest BCUT2D eigenvalue weighted by Gasteiger charge is -2.29. The van der Waals surface area contributed by atoms with E-state index in [0.717, 1.165) is 11.1 Å². The van der Waals surface area contributed by atoms with Crippen LogP contribution in [0.1, 0.15) is 37.5 Å². The molecule has 0 radical (unpaired) electrons. The maximum atomic E-state index is 13.1. The van der Waals surface area contributed by atoms with Gasteiger partial charge in [0.25, 0.3) is 5.91 Å². The highest BCUT2D eigenvalue weighted by Crippen LogP contribution is 2.23. The van der Waals surface area contributed by atoms with E-state index in [-0.39, 0.29) is 25.0 Å². The summed E-state index contributed by atoms with van der Waals surface area (Å²) in [5, 5.41) is 3.83. The summed E-state index contributed by atoms with van der Waals surface area (Å²) in [5.74, 6) is 0.391. The number of benzene rings is 2. The van der Waals surface area contributed by atoms with Gasteiger partial charge in [-0.2, -0.15) is 0 Å². The van der Waals surface area contributed by atoms with Crippen LogP contribution in [0.4, 0.5) is 0 Å². The van der Waals surface area contributed by atoms with Crippen LogP contribution in [-0.2, 0) is 16.1 Å². The highest BCUT2D eigenvalue weighted by Gasteiger charge is 2.27. The molecule has 0 saturated carbocycles. The van der Waals surface area contributed by atoms with E-state index in [1.54, 1.807) is 25.1 Å². The second-order valence-electron chi connectivity index (χ2n) is 8.18. The first-order chi connectivity index (χ1) is 14.6. The molecule has 0 heterocycles. The quantitative estimate of drug-likeness (QED) is 0.555. The van der Waals surface area contributed by atoms with Gasteiger partial charge in [-0.3, -0.25) is 9.59 Å². The molecule has 31 heavy (non-hydrogen) atoms. The van der Waals surface area contributed by atoms with Crippen molar-refractivity contribution in [1.82, 2.24) is 10.2 Å². The summed E-state index contributed by atoms with van der Waals surface area (Å²) in [5.41, 5.74) is 2.80. The lowest BCUT2D eigenvalue weighted by atomic mass is 10.1. The van der Waals surface area contributed by atoms with Crippen LogP contribution in [0.2, 0.25) is 10.0 Å². The Bertz CT molecular complexity index is 911. The van der Waals surface area contributed by atoms with E-state index in [4.69, 9.17) is 27.9 Å². The van der Waals surface area contributed by atoms with Crippen molar-refractivity contribution in [1.29, 1.82) is 0 Å². The predicted molar refractivity (Wildman–Crippen MR) is 126 cm³/mol. The van der Waals surface area contributed by atoms with E-state index in [2.05, 4.69) is 5.32 Å². The standard InChI is InChI=1S/C24H30Cl2N2O3/c1-15(2)12-27-24(30)18(5)28(13-19-6-7-20(25)11-22(19)26)23(29)14-31-21-9-16(3)8-17(4)10-21/h6-11,15,18H,12-14H2,1-5H3,(H,27,30)/t18-/m1/s1. The summed E-state index contributed by atoms with van der Waals surface area (Å²) in [7, 11) is 0. The Hall–Kier alpha value is -2.24. The summed E-state index contributed by atoms with van der Waals surface area (Å²) in [4.78, 5) is 27.3. The summed E-state index contributed by atoms with van der Waals surface area (Å²) in [6.07, 6.45) is 0. The number of amides is 2. The van der Waals surface area contributed by atoms with Gasteiger partial charge >= 0.3 is 0 Å². The fourth-order valence-corrected chi connectivity index (χ4v) is 3.58. The first-order valence-corrected chi connectivity index (χ1v) is 11.0. The predicted octanol–water partition coefficient (Wildman–Crippen LogP) is 5.18. The highest BCUT2D eigenvalue weighted by atomic mass is 35.5. The molecule has 0 aromatic heterocycles. The number of aryl methyl sites for hydroxylation is 2. The molecule has 7 heteroatoms. The Balaban J connectivity index is 2.20. The molecule has 2 rings (SSSR count). The van der Waals surface area contributed by atoms with Crippen LogP contribution in [0.15, 0.2) is 36.4 Å². The van der Waals surface area contributed by atoms with Crippen LogP contribution in [0, 0.1) is 19.8 Å². The minimum atomic E-state index is -0.694. The van der Waals surface area contributed by atoms with Crippen molar-refractivity contribution in [2.45, 2.75) is 47.2 Å². The molecule has 0 aliphatic heterocycles. The molecule has 0 saturated heterocycles. The zero-order valence-corrected chi connectivity index (χ0v) is 20.2. The second-order valence-corrected chi connectivity index (χ2v) is 9.03. The molecule has 0 aliphatic rings. The van der Waals surface area contributed by atoms with Gasteiger partial charge in [0.2, 0.25) is 5.91 Å². The average Bonchev–Trinajstić information content (AvgIpc) is 2.68. The third-order valence-electron chi connectivity index (χ3n) is 4.77. The van der Waals surface area contributed by atoms with E-state index in [1.807, 2.05) is 45.9 Å². The molecule has 2 aromatic carbocycles. The molecule has 0 spiro atoms. The Kier molecular flexibility index (Phi) is 9.20. The second kappa shape index (κ2) is 11.4. The van der Waals surface area contributed by atoms with Gasteiger partial charge in [0, 0.05) is 23.1 Å². The largest absolute Gasteiger partial charge is 0.484 e. The first-order valence-electron chi connectivity index (χ1n) is 10.3. The van der Waals surface area contributed by atoms with Crippen LogP contribution in [0.3, 0.4) is 0 Å².